The molecule has 1 aliphatic heterocycles. The van der Waals surface area contributed by atoms with Gasteiger partial charge in [0.2, 0.25) is 11.8 Å². The monoisotopic (exact) mass is 326 g/mol. The van der Waals surface area contributed by atoms with Crippen molar-refractivity contribution in [2.24, 2.45) is 0 Å². The van der Waals surface area contributed by atoms with E-state index in [0.29, 0.717) is 31.6 Å². The van der Waals surface area contributed by atoms with Crippen LogP contribution in [0.3, 0.4) is 0 Å². The number of amides is 2. The van der Waals surface area contributed by atoms with Crippen LogP contribution in [0.4, 0.5) is 5.88 Å². The third-order valence-corrected chi connectivity index (χ3v) is 4.01. The maximum absolute atomic E-state index is 12.6. The zero-order valence-corrected chi connectivity index (χ0v) is 13.1. The van der Waals surface area contributed by atoms with E-state index >= 15 is 0 Å². The highest BCUT2D eigenvalue weighted by Gasteiger charge is 2.26. The van der Waals surface area contributed by atoms with Crippen LogP contribution in [0, 0.1) is 0 Å². The summed E-state index contributed by atoms with van der Waals surface area (Å²) in [7, 11) is 0. The summed E-state index contributed by atoms with van der Waals surface area (Å²) in [6.45, 7) is 4.77. The van der Waals surface area contributed by atoms with Crippen LogP contribution in [0.25, 0.3) is 0 Å². The van der Waals surface area contributed by atoms with E-state index in [1.54, 1.807) is 17.0 Å². The number of nitrogen functional groups attached to an aromatic ring is 1. The molecule has 3 rings (SSSR count). The van der Waals surface area contributed by atoms with Crippen LogP contribution in [-0.4, -0.2) is 28.4 Å². The first-order chi connectivity index (χ1) is 11.6. The largest absolute Gasteiger partial charge is 0.367 e. The molecule has 24 heavy (non-hydrogen) atoms. The van der Waals surface area contributed by atoms with E-state index in [0.717, 1.165) is 16.8 Å². The highest BCUT2D eigenvalue weighted by atomic mass is 16.5. The molecule has 0 atom stereocenters. The number of rotatable bonds is 4. The summed E-state index contributed by atoms with van der Waals surface area (Å²) in [5.41, 5.74) is 8.86. The van der Waals surface area contributed by atoms with Gasteiger partial charge in [0.25, 0.3) is 5.91 Å². The fourth-order valence-electron chi connectivity index (χ4n) is 2.62. The summed E-state index contributed by atoms with van der Waals surface area (Å²) in [4.78, 5) is 25.5. The molecule has 3 N–H and O–H groups in total. The van der Waals surface area contributed by atoms with Crippen molar-refractivity contribution in [3.63, 3.8) is 0 Å². The highest BCUT2D eigenvalue weighted by Crippen LogP contribution is 2.24. The number of anilines is 1. The Hall–Kier alpha value is -3.09. The first-order valence-electron chi connectivity index (χ1n) is 7.60. The second-order valence-electron chi connectivity index (χ2n) is 5.57. The Balaban J connectivity index is 1.66. The van der Waals surface area contributed by atoms with Gasteiger partial charge in [-0.15, -0.1) is 0 Å². The van der Waals surface area contributed by atoms with Gasteiger partial charge in [-0.1, -0.05) is 23.9 Å². The second kappa shape index (κ2) is 6.57. The summed E-state index contributed by atoms with van der Waals surface area (Å²) < 4.78 is 4.97. The predicted molar refractivity (Wildman–Crippen MR) is 87.8 cm³/mol. The van der Waals surface area contributed by atoms with Crippen molar-refractivity contribution < 1.29 is 14.1 Å². The lowest BCUT2D eigenvalue weighted by molar-refractivity contribution is -0.116. The molecular weight excluding hydrogens is 308 g/mol. The number of carbonyl (C=O) groups is 2. The van der Waals surface area contributed by atoms with Crippen molar-refractivity contribution in [2.45, 2.75) is 19.5 Å². The lowest BCUT2D eigenvalue weighted by atomic mass is 10.1. The molecule has 0 radical (unpaired) electrons. The number of nitrogens with zero attached hydrogens (tertiary/aromatic N) is 2. The molecule has 124 valence electrons. The Bertz CT molecular complexity index is 780. The number of aromatic nitrogens is 1. The van der Waals surface area contributed by atoms with Crippen molar-refractivity contribution in [1.29, 1.82) is 0 Å². The lowest BCUT2D eigenvalue weighted by Crippen LogP contribution is -2.36. The van der Waals surface area contributed by atoms with Gasteiger partial charge in [-0.25, -0.2) is 0 Å². The topological polar surface area (TPSA) is 101 Å². The minimum Gasteiger partial charge on any atom is -0.367 e. The number of nitrogens with two attached hydrogens (primary N) is 1. The number of nitrogens with one attached hydrogen (secondary N) is 1. The van der Waals surface area contributed by atoms with E-state index in [9.17, 15) is 9.59 Å². The van der Waals surface area contributed by atoms with Crippen LogP contribution in [0.1, 0.15) is 27.2 Å². The molecule has 7 heteroatoms. The zero-order valence-electron chi connectivity index (χ0n) is 13.1. The smallest absolute Gasteiger partial charge is 0.254 e. The number of hydrogen-bond donors (Lipinski definition) is 2. The SMILES string of the molecule is C=CC(=O)NCc1ccc(C(=O)N2CCc3noc(N)c3C2)cc1. The van der Waals surface area contributed by atoms with Crippen LogP contribution in [0.15, 0.2) is 41.4 Å². The number of fused-ring (bicyclic) bond motifs is 1. The summed E-state index contributed by atoms with van der Waals surface area (Å²) in [6.07, 6.45) is 1.85. The Morgan fingerprint density at radius 2 is 2.12 bits per heavy atom. The van der Waals surface area contributed by atoms with Gasteiger partial charge in [0.05, 0.1) is 17.8 Å². The van der Waals surface area contributed by atoms with Gasteiger partial charge in [0, 0.05) is 25.1 Å². The van der Waals surface area contributed by atoms with Crippen LogP contribution in [0.5, 0.6) is 0 Å². The van der Waals surface area contributed by atoms with Gasteiger partial charge in [-0.05, 0) is 23.8 Å². The molecule has 2 heterocycles. The normalized spacial score (nSPS) is 13.2. The molecule has 2 amide bonds. The molecule has 2 aromatic rings. The summed E-state index contributed by atoms with van der Waals surface area (Å²) in [5, 5.41) is 6.59. The molecule has 0 spiro atoms. The third kappa shape index (κ3) is 3.15. The van der Waals surface area contributed by atoms with E-state index in [2.05, 4.69) is 17.1 Å². The summed E-state index contributed by atoms with van der Waals surface area (Å²) in [5.74, 6) is -0.0238. The van der Waals surface area contributed by atoms with Crippen molar-refractivity contribution >= 4 is 17.7 Å². The van der Waals surface area contributed by atoms with Gasteiger partial charge < -0.3 is 20.5 Å². The second-order valence-corrected chi connectivity index (χ2v) is 5.57. The predicted octanol–water partition coefficient (Wildman–Crippen LogP) is 1.26. The third-order valence-electron chi connectivity index (χ3n) is 4.01. The first kappa shape index (κ1) is 15.8. The summed E-state index contributed by atoms with van der Waals surface area (Å²) >= 11 is 0. The van der Waals surface area contributed by atoms with E-state index in [1.807, 2.05) is 12.1 Å². The minimum absolute atomic E-state index is 0.0667. The van der Waals surface area contributed by atoms with E-state index in [4.69, 9.17) is 10.3 Å². The van der Waals surface area contributed by atoms with Crippen LogP contribution < -0.4 is 11.1 Å². The zero-order chi connectivity index (χ0) is 17.1. The molecule has 0 bridgehead atoms. The van der Waals surface area contributed by atoms with Crippen molar-refractivity contribution in [3.05, 3.63) is 59.3 Å². The number of hydrogen-bond acceptors (Lipinski definition) is 5. The molecule has 7 nitrogen and oxygen atoms in total. The average molecular weight is 326 g/mol. The van der Waals surface area contributed by atoms with Gasteiger partial charge in [-0.3, -0.25) is 9.59 Å². The van der Waals surface area contributed by atoms with Gasteiger partial charge in [0.1, 0.15) is 0 Å². The van der Waals surface area contributed by atoms with E-state index < -0.39 is 0 Å². The highest BCUT2D eigenvalue weighted by molar-refractivity contribution is 5.94. The van der Waals surface area contributed by atoms with Crippen LogP contribution >= 0.6 is 0 Å². The fourth-order valence-corrected chi connectivity index (χ4v) is 2.62. The molecule has 0 fully saturated rings. The van der Waals surface area contributed by atoms with Crippen molar-refractivity contribution in [3.8, 4) is 0 Å². The molecule has 1 aromatic carbocycles. The maximum atomic E-state index is 12.6. The standard InChI is InChI=1S/C17H18N4O3/c1-2-15(22)19-9-11-3-5-12(6-4-11)17(23)21-8-7-14-13(10-21)16(18)24-20-14/h2-6H,1,7-10,18H2,(H,19,22). The fraction of sp³-hybridized carbons (Fsp3) is 0.235. The van der Waals surface area contributed by atoms with E-state index in [-0.39, 0.29) is 17.7 Å². The molecular formula is C17H18N4O3. The quantitative estimate of drug-likeness (QED) is 0.824. The number of benzene rings is 1. The van der Waals surface area contributed by atoms with Gasteiger partial charge >= 0.3 is 0 Å². The Morgan fingerprint density at radius 3 is 2.83 bits per heavy atom. The molecule has 0 saturated carbocycles. The number of carbonyl (C=O) groups excluding carboxylic acids is 2. The molecule has 1 aromatic heterocycles. The van der Waals surface area contributed by atoms with E-state index in [1.165, 1.54) is 6.08 Å². The van der Waals surface area contributed by atoms with Crippen LogP contribution in [-0.2, 0) is 24.3 Å². The Kier molecular flexibility index (Phi) is 4.33. The van der Waals surface area contributed by atoms with Crippen molar-refractivity contribution in [2.75, 3.05) is 12.3 Å². The van der Waals surface area contributed by atoms with Crippen LogP contribution in [0.2, 0.25) is 0 Å². The Morgan fingerprint density at radius 1 is 1.38 bits per heavy atom. The average Bonchev–Trinajstić information content (AvgIpc) is 3.00. The Labute approximate surface area is 139 Å². The lowest BCUT2D eigenvalue weighted by Gasteiger charge is -2.26. The minimum atomic E-state index is -0.231. The molecule has 0 saturated heterocycles. The first-order valence-corrected chi connectivity index (χ1v) is 7.60. The molecule has 0 aliphatic carbocycles. The van der Waals surface area contributed by atoms with Gasteiger partial charge in [-0.2, -0.15) is 0 Å². The van der Waals surface area contributed by atoms with Gasteiger partial charge in [0.15, 0.2) is 0 Å². The molecule has 0 unspecified atom stereocenters. The van der Waals surface area contributed by atoms with Crippen molar-refractivity contribution in [1.82, 2.24) is 15.4 Å². The maximum Gasteiger partial charge on any atom is 0.254 e. The molecule has 1 aliphatic rings. The summed E-state index contributed by atoms with van der Waals surface area (Å²) in [6, 6.07) is 7.15.